The first-order chi connectivity index (χ1) is 17.2. The number of fused-ring (bicyclic) bond motifs is 1. The lowest BCUT2D eigenvalue weighted by atomic mass is 10.2. The van der Waals surface area contributed by atoms with Crippen LogP contribution in [0.3, 0.4) is 0 Å². The number of para-hydroxylation sites is 1. The lowest BCUT2D eigenvalue weighted by Gasteiger charge is -2.15. The van der Waals surface area contributed by atoms with Crippen LogP contribution in [0.5, 0.6) is 11.5 Å². The SMILES string of the molecule is Cc1c(C(=O)OCC(C)C)sc2ncn(C(C)C(=O)Nc3ccc(Oc4ccccc4)cc3)c(=O)c12. The van der Waals surface area contributed by atoms with Gasteiger partial charge in [0.05, 0.1) is 18.3 Å². The largest absolute Gasteiger partial charge is 0.461 e. The molecule has 0 fully saturated rings. The summed E-state index contributed by atoms with van der Waals surface area (Å²) in [6.07, 6.45) is 1.34. The van der Waals surface area contributed by atoms with Gasteiger partial charge in [-0.3, -0.25) is 14.2 Å². The molecule has 1 amide bonds. The quantitative estimate of drug-likeness (QED) is 0.314. The summed E-state index contributed by atoms with van der Waals surface area (Å²) in [4.78, 5) is 43.8. The number of esters is 1. The normalized spacial score (nSPS) is 11.9. The highest BCUT2D eigenvalue weighted by Crippen LogP contribution is 2.28. The zero-order valence-electron chi connectivity index (χ0n) is 20.5. The van der Waals surface area contributed by atoms with Crippen LogP contribution in [0.2, 0.25) is 0 Å². The summed E-state index contributed by atoms with van der Waals surface area (Å²) in [5.74, 6) is 0.699. The molecule has 4 aromatic rings. The van der Waals surface area contributed by atoms with Gasteiger partial charge in [0.2, 0.25) is 5.91 Å². The van der Waals surface area contributed by atoms with E-state index in [1.54, 1.807) is 38.1 Å². The third-order valence-corrected chi connectivity index (χ3v) is 6.69. The fraction of sp³-hybridized carbons (Fsp3) is 0.259. The van der Waals surface area contributed by atoms with Crippen LogP contribution in [0.15, 0.2) is 65.7 Å². The van der Waals surface area contributed by atoms with Gasteiger partial charge in [0.15, 0.2) is 0 Å². The maximum Gasteiger partial charge on any atom is 0.348 e. The molecule has 9 heteroatoms. The molecule has 1 N–H and O–H groups in total. The lowest BCUT2D eigenvalue weighted by molar-refractivity contribution is -0.118. The van der Waals surface area contributed by atoms with E-state index in [2.05, 4.69) is 10.3 Å². The van der Waals surface area contributed by atoms with E-state index >= 15 is 0 Å². The number of nitrogens with one attached hydrogen (secondary N) is 1. The van der Waals surface area contributed by atoms with Crippen molar-refractivity contribution in [3.8, 4) is 11.5 Å². The van der Waals surface area contributed by atoms with Crippen LogP contribution in [0.25, 0.3) is 10.2 Å². The van der Waals surface area contributed by atoms with Crippen LogP contribution in [0.4, 0.5) is 5.69 Å². The number of carbonyl (C=O) groups is 2. The highest BCUT2D eigenvalue weighted by Gasteiger charge is 2.24. The Balaban J connectivity index is 1.49. The van der Waals surface area contributed by atoms with Gasteiger partial charge in [0, 0.05) is 5.69 Å². The minimum atomic E-state index is -0.828. The second-order valence-electron chi connectivity index (χ2n) is 8.79. The fourth-order valence-corrected chi connectivity index (χ4v) is 4.55. The van der Waals surface area contributed by atoms with Crippen LogP contribution >= 0.6 is 11.3 Å². The summed E-state index contributed by atoms with van der Waals surface area (Å²) in [6.45, 7) is 7.51. The Kier molecular flexibility index (Phi) is 7.49. The van der Waals surface area contributed by atoms with Crippen molar-refractivity contribution < 1.29 is 19.1 Å². The summed E-state index contributed by atoms with van der Waals surface area (Å²) in [7, 11) is 0. The van der Waals surface area contributed by atoms with E-state index in [0.29, 0.717) is 44.5 Å². The molecule has 2 aromatic heterocycles. The number of ether oxygens (including phenoxy) is 2. The zero-order valence-corrected chi connectivity index (χ0v) is 21.3. The molecule has 0 saturated heterocycles. The molecule has 1 atom stereocenters. The number of rotatable bonds is 8. The molecule has 8 nitrogen and oxygen atoms in total. The van der Waals surface area contributed by atoms with E-state index in [1.807, 2.05) is 44.2 Å². The molecule has 0 aliphatic carbocycles. The van der Waals surface area contributed by atoms with Gasteiger partial charge in [-0.15, -0.1) is 11.3 Å². The molecule has 0 radical (unpaired) electrons. The average molecular weight is 506 g/mol. The molecule has 2 heterocycles. The van der Waals surface area contributed by atoms with Crippen LogP contribution in [-0.4, -0.2) is 28.0 Å². The smallest absolute Gasteiger partial charge is 0.348 e. The van der Waals surface area contributed by atoms with Gasteiger partial charge in [-0.1, -0.05) is 32.0 Å². The Morgan fingerprint density at radius 2 is 1.69 bits per heavy atom. The number of benzene rings is 2. The third kappa shape index (κ3) is 5.46. The molecular weight excluding hydrogens is 478 g/mol. The molecule has 1 unspecified atom stereocenters. The van der Waals surface area contributed by atoms with Crippen molar-refractivity contribution in [3.05, 3.63) is 81.7 Å². The summed E-state index contributed by atoms with van der Waals surface area (Å²) < 4.78 is 12.4. The van der Waals surface area contributed by atoms with Crippen molar-refractivity contribution in [2.45, 2.75) is 33.7 Å². The minimum absolute atomic E-state index is 0.200. The lowest BCUT2D eigenvalue weighted by Crippen LogP contribution is -2.31. The van der Waals surface area contributed by atoms with E-state index in [-0.39, 0.29) is 17.4 Å². The van der Waals surface area contributed by atoms with E-state index in [4.69, 9.17) is 9.47 Å². The number of thiophene rings is 1. The molecule has 0 aliphatic heterocycles. The zero-order chi connectivity index (χ0) is 25.8. The number of carbonyl (C=O) groups excluding carboxylic acids is 2. The molecule has 186 valence electrons. The summed E-state index contributed by atoms with van der Waals surface area (Å²) in [5, 5.41) is 3.14. The summed E-state index contributed by atoms with van der Waals surface area (Å²) in [6, 6.07) is 15.5. The first-order valence-corrected chi connectivity index (χ1v) is 12.4. The average Bonchev–Trinajstić information content (AvgIpc) is 3.21. The van der Waals surface area contributed by atoms with E-state index in [0.717, 1.165) is 11.3 Å². The monoisotopic (exact) mass is 505 g/mol. The molecule has 0 saturated carbocycles. The summed E-state index contributed by atoms with van der Waals surface area (Å²) >= 11 is 1.12. The number of nitrogens with zero attached hydrogens (tertiary/aromatic N) is 2. The Bertz CT molecular complexity index is 1440. The Morgan fingerprint density at radius 3 is 2.36 bits per heavy atom. The third-order valence-electron chi connectivity index (χ3n) is 5.51. The predicted octanol–water partition coefficient (Wildman–Crippen LogP) is 5.57. The number of aryl methyl sites for hydroxylation is 1. The van der Waals surface area contributed by atoms with Crippen molar-refractivity contribution >= 4 is 39.1 Å². The summed E-state index contributed by atoms with van der Waals surface area (Å²) in [5.41, 5.74) is 0.694. The van der Waals surface area contributed by atoms with Gasteiger partial charge >= 0.3 is 5.97 Å². The molecule has 4 rings (SSSR count). The second kappa shape index (κ2) is 10.7. The Labute approximate surface area is 212 Å². The van der Waals surface area contributed by atoms with Crippen molar-refractivity contribution in [2.75, 3.05) is 11.9 Å². The number of aromatic nitrogens is 2. The van der Waals surface area contributed by atoms with Gasteiger partial charge in [-0.25, -0.2) is 9.78 Å². The van der Waals surface area contributed by atoms with E-state index < -0.39 is 12.0 Å². The molecule has 36 heavy (non-hydrogen) atoms. The first-order valence-electron chi connectivity index (χ1n) is 11.6. The highest BCUT2D eigenvalue weighted by molar-refractivity contribution is 7.20. The van der Waals surface area contributed by atoms with Gasteiger partial charge < -0.3 is 14.8 Å². The molecule has 2 aromatic carbocycles. The van der Waals surface area contributed by atoms with E-state index in [1.165, 1.54) is 10.9 Å². The highest BCUT2D eigenvalue weighted by atomic mass is 32.1. The fourth-order valence-electron chi connectivity index (χ4n) is 3.52. The van der Waals surface area contributed by atoms with Crippen molar-refractivity contribution in [2.24, 2.45) is 5.92 Å². The Hall–Kier alpha value is -3.98. The number of anilines is 1. The number of amides is 1. The molecule has 0 bridgehead atoms. The van der Waals surface area contributed by atoms with Gasteiger partial charge in [-0.05, 0) is 61.7 Å². The minimum Gasteiger partial charge on any atom is -0.461 e. The number of hydrogen-bond donors (Lipinski definition) is 1. The maximum absolute atomic E-state index is 13.2. The van der Waals surface area contributed by atoms with Gasteiger partial charge in [0.25, 0.3) is 5.56 Å². The maximum atomic E-state index is 13.2. The standard InChI is InChI=1S/C27H27N3O5S/c1-16(2)14-34-27(33)23-17(3)22-25(36-23)28-15-30(26(22)32)18(4)24(31)29-19-10-12-21(13-11-19)35-20-8-6-5-7-9-20/h5-13,15-16,18H,14H2,1-4H3,(H,29,31). The molecular formula is C27H27N3O5S. The van der Waals surface area contributed by atoms with Crippen LogP contribution in [0, 0.1) is 12.8 Å². The second-order valence-corrected chi connectivity index (χ2v) is 9.79. The van der Waals surface area contributed by atoms with E-state index in [9.17, 15) is 14.4 Å². The van der Waals surface area contributed by atoms with Gasteiger partial charge in [-0.2, -0.15) is 0 Å². The van der Waals surface area contributed by atoms with Crippen LogP contribution in [-0.2, 0) is 9.53 Å². The number of hydrogen-bond acceptors (Lipinski definition) is 7. The molecule has 0 aliphatic rings. The molecule has 0 spiro atoms. The van der Waals surface area contributed by atoms with Crippen molar-refractivity contribution in [1.29, 1.82) is 0 Å². The topological polar surface area (TPSA) is 99.5 Å². The first kappa shape index (κ1) is 25.1. The van der Waals surface area contributed by atoms with Gasteiger partial charge in [0.1, 0.15) is 27.2 Å². The van der Waals surface area contributed by atoms with Crippen LogP contribution < -0.4 is 15.6 Å². The van der Waals surface area contributed by atoms with Crippen molar-refractivity contribution in [3.63, 3.8) is 0 Å². The van der Waals surface area contributed by atoms with Crippen molar-refractivity contribution in [1.82, 2.24) is 9.55 Å². The predicted molar refractivity (Wildman–Crippen MR) is 140 cm³/mol. The van der Waals surface area contributed by atoms with Crippen LogP contribution in [0.1, 0.15) is 42.0 Å². The Morgan fingerprint density at radius 1 is 1.03 bits per heavy atom.